The third-order valence-electron chi connectivity index (χ3n) is 2.22. The van der Waals surface area contributed by atoms with E-state index in [0.717, 1.165) is 11.1 Å². The van der Waals surface area contributed by atoms with Crippen LogP contribution < -0.4 is 15.9 Å². The second-order valence-corrected chi connectivity index (χ2v) is 3.46. The monoisotopic (exact) mass is 220 g/mol. The van der Waals surface area contributed by atoms with Gasteiger partial charge in [-0.1, -0.05) is 5.10 Å². The minimum atomic E-state index is 0.240. The van der Waals surface area contributed by atoms with Crippen molar-refractivity contribution in [3.05, 3.63) is 41.0 Å². The second-order valence-electron chi connectivity index (χ2n) is 3.46. The number of aromatic nitrogens is 2. The molecule has 6 heteroatoms. The summed E-state index contributed by atoms with van der Waals surface area (Å²) >= 11 is 0. The van der Waals surface area contributed by atoms with Crippen molar-refractivity contribution < 1.29 is 9.26 Å². The zero-order valence-electron chi connectivity index (χ0n) is 8.80. The van der Waals surface area contributed by atoms with E-state index in [-0.39, 0.29) is 5.82 Å². The van der Waals surface area contributed by atoms with E-state index in [0.29, 0.717) is 17.2 Å². The Balaban J connectivity index is 2.12. The van der Waals surface area contributed by atoms with Crippen LogP contribution in [0.5, 0.6) is 0 Å². The Kier molecular flexibility index (Phi) is 2.63. The highest BCUT2D eigenvalue weighted by Crippen LogP contribution is 2.10. The van der Waals surface area contributed by atoms with Crippen molar-refractivity contribution >= 4 is 11.6 Å². The molecule has 0 aliphatic rings. The van der Waals surface area contributed by atoms with Crippen LogP contribution in [-0.4, -0.2) is 5.10 Å². The number of nitrogens with one attached hydrogen (secondary N) is 1. The maximum atomic E-state index is 11.4. The van der Waals surface area contributed by atoms with Gasteiger partial charge in [-0.15, -0.1) is 4.85 Å². The molecule has 16 heavy (non-hydrogen) atoms. The highest BCUT2D eigenvalue weighted by atomic mass is 16.5. The molecule has 2 aromatic heterocycles. The van der Waals surface area contributed by atoms with Crippen LogP contribution in [0, 0.1) is 12.1 Å². The van der Waals surface area contributed by atoms with Crippen LogP contribution in [-0.2, 0) is 6.54 Å². The van der Waals surface area contributed by atoms with Gasteiger partial charge in [0.05, 0.1) is 12.5 Å². The summed E-state index contributed by atoms with van der Waals surface area (Å²) in [4.78, 5) is 0.475. The topological polar surface area (TPSA) is 91.0 Å². The quantitative estimate of drug-likeness (QED) is 0.590. The first-order chi connectivity index (χ1) is 7.66. The zero-order valence-corrected chi connectivity index (χ0v) is 8.80. The van der Waals surface area contributed by atoms with Gasteiger partial charge in [0.2, 0.25) is 0 Å². The van der Waals surface area contributed by atoms with Gasteiger partial charge in [0, 0.05) is 17.2 Å². The van der Waals surface area contributed by atoms with Crippen molar-refractivity contribution in [1.29, 1.82) is 0 Å². The molecule has 2 aromatic rings. The van der Waals surface area contributed by atoms with Gasteiger partial charge in [-0.25, -0.2) is 0 Å². The van der Waals surface area contributed by atoms with E-state index < -0.39 is 0 Å². The lowest BCUT2D eigenvalue weighted by Crippen LogP contribution is -2.36. The number of anilines is 2. The highest BCUT2D eigenvalue weighted by Gasteiger charge is 2.08. The molecule has 0 atom stereocenters. The zero-order chi connectivity index (χ0) is 11.5. The van der Waals surface area contributed by atoms with Crippen molar-refractivity contribution in [1.82, 2.24) is 5.10 Å². The van der Waals surface area contributed by atoms with Crippen molar-refractivity contribution in [2.75, 3.05) is 11.1 Å². The summed E-state index contributed by atoms with van der Waals surface area (Å²) in [6.07, 6.45) is 3.19. The molecule has 0 aliphatic heterocycles. The van der Waals surface area contributed by atoms with Crippen LogP contribution in [0.4, 0.5) is 11.6 Å². The van der Waals surface area contributed by atoms with Crippen LogP contribution in [0.1, 0.15) is 11.1 Å². The highest BCUT2D eigenvalue weighted by molar-refractivity contribution is 5.42. The molecule has 6 nitrogen and oxygen atoms in total. The Hall–Kier alpha value is -2.24. The fourth-order valence-electron chi connectivity index (χ4n) is 1.27. The number of furan rings is 1. The van der Waals surface area contributed by atoms with Gasteiger partial charge in [0.15, 0.2) is 5.82 Å². The van der Waals surface area contributed by atoms with E-state index in [9.17, 15) is 5.21 Å². The molecule has 0 saturated heterocycles. The lowest BCUT2D eigenvalue weighted by atomic mass is 10.3. The average Bonchev–Trinajstić information content (AvgIpc) is 2.74. The fourth-order valence-corrected chi connectivity index (χ4v) is 1.27. The van der Waals surface area contributed by atoms with Crippen LogP contribution in [0.15, 0.2) is 29.1 Å². The Morgan fingerprint density at radius 1 is 1.62 bits per heavy atom. The molecule has 84 valence electrons. The van der Waals surface area contributed by atoms with Crippen LogP contribution in [0.3, 0.4) is 0 Å². The minimum absolute atomic E-state index is 0.240. The largest absolute Gasteiger partial charge is 0.691 e. The Labute approximate surface area is 92.3 Å². The number of nitrogens with two attached hydrogens (primary N) is 1. The first-order valence-electron chi connectivity index (χ1n) is 4.79. The molecular formula is C10H12N4O2. The van der Waals surface area contributed by atoms with Crippen LogP contribution in [0.25, 0.3) is 0 Å². The van der Waals surface area contributed by atoms with Crippen molar-refractivity contribution in [2.24, 2.45) is 0 Å². The number of nitrogen functional groups attached to an aromatic ring is 1. The van der Waals surface area contributed by atoms with Gasteiger partial charge in [-0.2, -0.15) is 0 Å². The van der Waals surface area contributed by atoms with Gasteiger partial charge < -0.3 is 15.4 Å². The van der Waals surface area contributed by atoms with Gasteiger partial charge in [-0.05, 0) is 13.0 Å². The second kappa shape index (κ2) is 4.09. The van der Waals surface area contributed by atoms with E-state index in [1.807, 2.05) is 6.07 Å². The standard InChI is InChI=1S/C10H12N4O2/c1-7-4-9(14(15)13-10(7)11)12-5-8-2-3-16-6-8/h2-4,6,12H,5H2,1H3,(H2,11,13). The number of hydrogen-bond donors (Lipinski definition) is 2. The first-order valence-corrected chi connectivity index (χ1v) is 4.79. The fraction of sp³-hybridized carbons (Fsp3) is 0.200. The molecule has 0 aliphatic carbocycles. The molecular weight excluding hydrogens is 208 g/mol. The summed E-state index contributed by atoms with van der Waals surface area (Å²) in [7, 11) is 0. The predicted molar refractivity (Wildman–Crippen MR) is 58.4 cm³/mol. The number of rotatable bonds is 3. The van der Waals surface area contributed by atoms with E-state index in [1.54, 1.807) is 25.5 Å². The maximum Gasteiger partial charge on any atom is 0.299 e. The molecule has 0 amide bonds. The van der Waals surface area contributed by atoms with Crippen LogP contribution in [0.2, 0.25) is 0 Å². The number of aryl methyl sites for hydroxylation is 1. The molecule has 0 bridgehead atoms. The van der Waals surface area contributed by atoms with Crippen molar-refractivity contribution in [2.45, 2.75) is 13.5 Å². The normalized spacial score (nSPS) is 10.3. The van der Waals surface area contributed by atoms with Gasteiger partial charge in [0.25, 0.3) is 5.82 Å². The maximum absolute atomic E-state index is 11.4. The lowest BCUT2D eigenvalue weighted by Gasteiger charge is -2.08. The Bertz CT molecular complexity index is 482. The Morgan fingerprint density at radius 3 is 3.12 bits per heavy atom. The van der Waals surface area contributed by atoms with E-state index >= 15 is 0 Å². The Morgan fingerprint density at radius 2 is 2.44 bits per heavy atom. The molecule has 0 saturated carbocycles. The molecule has 2 rings (SSSR count). The van der Waals surface area contributed by atoms with Gasteiger partial charge in [-0.3, -0.25) is 5.32 Å². The van der Waals surface area contributed by atoms with Crippen LogP contribution >= 0.6 is 0 Å². The predicted octanol–water partition coefficient (Wildman–Crippen LogP) is 0.811. The lowest BCUT2D eigenvalue weighted by molar-refractivity contribution is -0.653. The molecule has 0 unspecified atom stereocenters. The van der Waals surface area contributed by atoms with E-state index in [1.165, 1.54) is 0 Å². The summed E-state index contributed by atoms with van der Waals surface area (Å²) in [6.45, 7) is 2.30. The van der Waals surface area contributed by atoms with Crippen molar-refractivity contribution in [3.8, 4) is 0 Å². The summed E-state index contributed by atoms with van der Waals surface area (Å²) in [5, 5.41) is 18.0. The summed E-state index contributed by atoms with van der Waals surface area (Å²) in [5.41, 5.74) is 7.22. The molecule has 0 spiro atoms. The smallest absolute Gasteiger partial charge is 0.299 e. The summed E-state index contributed by atoms with van der Waals surface area (Å²) in [5.74, 6) is 0.608. The third kappa shape index (κ3) is 2.05. The third-order valence-corrected chi connectivity index (χ3v) is 2.22. The molecule has 0 aromatic carbocycles. The number of hydrogen-bond acceptors (Lipinski definition) is 5. The molecule has 0 radical (unpaired) electrons. The molecule has 3 N–H and O–H groups in total. The summed E-state index contributed by atoms with van der Waals surface area (Å²) in [6, 6.07) is 3.48. The van der Waals surface area contributed by atoms with E-state index in [2.05, 4.69) is 10.4 Å². The molecule has 2 heterocycles. The minimum Gasteiger partial charge on any atom is -0.691 e. The number of nitrogens with zero attached hydrogens (tertiary/aromatic N) is 2. The SMILES string of the molecule is Cc1cc(NCc2ccoc2)[n+]([O-])nc1N. The first kappa shape index (κ1) is 10.3. The van der Waals surface area contributed by atoms with Gasteiger partial charge in [0.1, 0.15) is 6.54 Å². The van der Waals surface area contributed by atoms with E-state index in [4.69, 9.17) is 10.2 Å². The average molecular weight is 220 g/mol. The molecule has 0 fully saturated rings. The summed E-state index contributed by atoms with van der Waals surface area (Å²) < 4.78 is 4.92. The van der Waals surface area contributed by atoms with Gasteiger partial charge >= 0.3 is 0 Å². The van der Waals surface area contributed by atoms with Crippen molar-refractivity contribution in [3.63, 3.8) is 0 Å².